The van der Waals surface area contributed by atoms with Crippen molar-refractivity contribution in [2.75, 3.05) is 0 Å². The van der Waals surface area contributed by atoms with Crippen LogP contribution >= 0.6 is 15.9 Å². The molecule has 1 aromatic carbocycles. The number of halogens is 1. The summed E-state index contributed by atoms with van der Waals surface area (Å²) in [5.41, 5.74) is 3.50. The second-order valence-electron chi connectivity index (χ2n) is 3.63. The monoisotopic (exact) mass is 264 g/mol. The van der Waals surface area contributed by atoms with E-state index in [2.05, 4.69) is 52.2 Å². The Kier molecular flexibility index (Phi) is 2.91. The lowest BCUT2D eigenvalue weighted by atomic mass is 10.2. The first kappa shape index (κ1) is 10.4. The Morgan fingerprint density at radius 1 is 1.20 bits per heavy atom. The van der Waals surface area contributed by atoms with Gasteiger partial charge in [-0.05, 0) is 35.3 Å². The van der Waals surface area contributed by atoms with Gasteiger partial charge in [-0.15, -0.1) is 0 Å². The van der Waals surface area contributed by atoms with E-state index in [4.69, 9.17) is 0 Å². The van der Waals surface area contributed by atoms with Gasteiger partial charge in [0.05, 0.1) is 22.4 Å². The van der Waals surface area contributed by atoms with Crippen LogP contribution in [0.25, 0.3) is 0 Å². The molecule has 2 nitrogen and oxygen atoms in total. The molecule has 0 amide bonds. The Hall–Kier alpha value is -1.09. The molecule has 0 fully saturated rings. The highest BCUT2D eigenvalue weighted by molar-refractivity contribution is 9.10. The van der Waals surface area contributed by atoms with Gasteiger partial charge in [0.1, 0.15) is 0 Å². The van der Waals surface area contributed by atoms with Gasteiger partial charge < -0.3 is 0 Å². The van der Waals surface area contributed by atoms with Gasteiger partial charge in [-0.1, -0.05) is 30.3 Å². The summed E-state index contributed by atoms with van der Waals surface area (Å²) in [4.78, 5) is 0. The zero-order valence-corrected chi connectivity index (χ0v) is 10.5. The van der Waals surface area contributed by atoms with Crippen molar-refractivity contribution in [1.29, 1.82) is 0 Å². The molecule has 1 heterocycles. The van der Waals surface area contributed by atoms with Crippen LogP contribution < -0.4 is 0 Å². The van der Waals surface area contributed by atoms with Gasteiger partial charge >= 0.3 is 0 Å². The molecule has 0 aliphatic heterocycles. The Bertz CT molecular complexity index is 460. The second-order valence-corrected chi connectivity index (χ2v) is 4.42. The highest BCUT2D eigenvalue weighted by Crippen LogP contribution is 2.20. The molecule has 0 saturated heterocycles. The van der Waals surface area contributed by atoms with Gasteiger partial charge in [0.15, 0.2) is 0 Å². The molecule has 1 aromatic heterocycles. The molecule has 0 N–H and O–H groups in total. The topological polar surface area (TPSA) is 17.8 Å². The minimum atomic E-state index is 0.832. The van der Waals surface area contributed by atoms with E-state index in [-0.39, 0.29) is 0 Å². The molecule has 3 heteroatoms. The maximum Gasteiger partial charge on any atom is 0.0738 e. The standard InChI is InChI=1S/C12H13BrN2/c1-9-12(13)10(2)15(14-9)8-11-6-4-3-5-7-11/h3-7H,8H2,1-2H3. The zero-order valence-electron chi connectivity index (χ0n) is 8.87. The summed E-state index contributed by atoms with van der Waals surface area (Å²) < 4.78 is 3.13. The lowest BCUT2D eigenvalue weighted by molar-refractivity contribution is 0.658. The van der Waals surface area contributed by atoms with Gasteiger partial charge in [-0.25, -0.2) is 0 Å². The number of nitrogens with zero attached hydrogens (tertiary/aromatic N) is 2. The molecule has 78 valence electrons. The van der Waals surface area contributed by atoms with Crippen molar-refractivity contribution in [1.82, 2.24) is 9.78 Å². The Labute approximate surface area is 98.1 Å². The third-order valence-electron chi connectivity index (χ3n) is 2.47. The summed E-state index contributed by atoms with van der Waals surface area (Å²) in [5, 5.41) is 4.47. The van der Waals surface area contributed by atoms with Crippen LogP contribution in [0.5, 0.6) is 0 Å². The first-order valence-corrected chi connectivity index (χ1v) is 5.71. The largest absolute Gasteiger partial charge is 0.264 e. The van der Waals surface area contributed by atoms with Crippen molar-refractivity contribution in [2.45, 2.75) is 20.4 Å². The van der Waals surface area contributed by atoms with Crippen molar-refractivity contribution >= 4 is 15.9 Å². The fourth-order valence-corrected chi connectivity index (χ4v) is 1.87. The predicted octanol–water partition coefficient (Wildman–Crippen LogP) is 3.31. The van der Waals surface area contributed by atoms with Crippen LogP contribution in [0.3, 0.4) is 0 Å². The molecule has 0 spiro atoms. The smallest absolute Gasteiger partial charge is 0.0738 e. The molecular formula is C12H13BrN2. The van der Waals surface area contributed by atoms with E-state index < -0.39 is 0 Å². The fourth-order valence-electron chi connectivity index (χ4n) is 1.59. The summed E-state index contributed by atoms with van der Waals surface area (Å²) in [6, 6.07) is 10.4. The first-order valence-electron chi connectivity index (χ1n) is 4.92. The van der Waals surface area contributed by atoms with Crippen molar-refractivity contribution in [3.8, 4) is 0 Å². The molecule has 2 aromatic rings. The van der Waals surface area contributed by atoms with E-state index in [1.54, 1.807) is 0 Å². The average molecular weight is 265 g/mol. The molecule has 0 radical (unpaired) electrons. The van der Waals surface area contributed by atoms with Crippen molar-refractivity contribution in [3.05, 3.63) is 51.8 Å². The molecule has 15 heavy (non-hydrogen) atoms. The van der Waals surface area contributed by atoms with Crippen LogP contribution in [0.15, 0.2) is 34.8 Å². The highest BCUT2D eigenvalue weighted by Gasteiger charge is 2.08. The van der Waals surface area contributed by atoms with E-state index in [9.17, 15) is 0 Å². The maximum absolute atomic E-state index is 4.47. The molecule has 2 rings (SSSR count). The van der Waals surface area contributed by atoms with E-state index >= 15 is 0 Å². The number of aryl methyl sites for hydroxylation is 1. The number of hydrogen-bond donors (Lipinski definition) is 0. The zero-order chi connectivity index (χ0) is 10.8. The number of rotatable bonds is 2. The van der Waals surface area contributed by atoms with Gasteiger partial charge in [0, 0.05) is 0 Å². The molecular weight excluding hydrogens is 252 g/mol. The van der Waals surface area contributed by atoms with Gasteiger partial charge in [-0.2, -0.15) is 5.10 Å². The lowest BCUT2D eigenvalue weighted by Crippen LogP contribution is -2.03. The van der Waals surface area contributed by atoms with Gasteiger partial charge in [0.2, 0.25) is 0 Å². The van der Waals surface area contributed by atoms with E-state index in [0.717, 1.165) is 16.7 Å². The van der Waals surface area contributed by atoms with Crippen LogP contribution in [0, 0.1) is 13.8 Å². The fraction of sp³-hybridized carbons (Fsp3) is 0.250. The molecule has 0 saturated carbocycles. The van der Waals surface area contributed by atoms with Crippen LogP contribution in [-0.2, 0) is 6.54 Å². The summed E-state index contributed by atoms with van der Waals surface area (Å²) >= 11 is 3.53. The summed E-state index contributed by atoms with van der Waals surface area (Å²) in [5.74, 6) is 0. The van der Waals surface area contributed by atoms with Crippen LogP contribution in [-0.4, -0.2) is 9.78 Å². The number of hydrogen-bond acceptors (Lipinski definition) is 1. The summed E-state index contributed by atoms with van der Waals surface area (Å²) in [6.07, 6.45) is 0. The van der Waals surface area contributed by atoms with Crippen molar-refractivity contribution in [2.24, 2.45) is 0 Å². The van der Waals surface area contributed by atoms with Crippen LogP contribution in [0.4, 0.5) is 0 Å². The van der Waals surface area contributed by atoms with E-state index in [1.165, 1.54) is 11.3 Å². The molecule has 0 aliphatic rings. The van der Waals surface area contributed by atoms with Crippen LogP contribution in [0.2, 0.25) is 0 Å². The maximum atomic E-state index is 4.47. The molecule has 0 atom stereocenters. The third-order valence-corrected chi connectivity index (χ3v) is 3.62. The average Bonchev–Trinajstić information content (AvgIpc) is 2.48. The Balaban J connectivity index is 2.29. The number of benzene rings is 1. The normalized spacial score (nSPS) is 10.6. The van der Waals surface area contributed by atoms with E-state index in [0.29, 0.717) is 0 Å². The van der Waals surface area contributed by atoms with Crippen molar-refractivity contribution in [3.63, 3.8) is 0 Å². The SMILES string of the molecule is Cc1nn(Cc2ccccc2)c(C)c1Br. The second kappa shape index (κ2) is 4.19. The minimum Gasteiger partial charge on any atom is -0.264 e. The summed E-state index contributed by atoms with van der Waals surface area (Å²) in [7, 11) is 0. The first-order chi connectivity index (χ1) is 7.18. The molecule has 0 aliphatic carbocycles. The summed E-state index contributed by atoms with van der Waals surface area (Å²) in [6.45, 7) is 4.92. The quantitative estimate of drug-likeness (QED) is 0.814. The van der Waals surface area contributed by atoms with Crippen LogP contribution in [0.1, 0.15) is 17.0 Å². The van der Waals surface area contributed by atoms with Gasteiger partial charge in [-0.3, -0.25) is 4.68 Å². The Morgan fingerprint density at radius 3 is 2.40 bits per heavy atom. The van der Waals surface area contributed by atoms with E-state index in [1.807, 2.05) is 17.7 Å². The van der Waals surface area contributed by atoms with Gasteiger partial charge in [0.25, 0.3) is 0 Å². The minimum absolute atomic E-state index is 0.832. The van der Waals surface area contributed by atoms with Crippen molar-refractivity contribution < 1.29 is 0 Å². The predicted molar refractivity (Wildman–Crippen MR) is 64.9 cm³/mol. The highest BCUT2D eigenvalue weighted by atomic mass is 79.9. The molecule has 0 bridgehead atoms. The third kappa shape index (κ3) is 2.12. The lowest BCUT2D eigenvalue weighted by Gasteiger charge is -2.03. The number of aromatic nitrogens is 2. The Morgan fingerprint density at radius 2 is 1.87 bits per heavy atom. The molecule has 0 unspecified atom stereocenters.